The van der Waals surface area contributed by atoms with Gasteiger partial charge < -0.3 is 5.73 Å². The van der Waals surface area contributed by atoms with Crippen LogP contribution in [0.15, 0.2) is 54.9 Å². The second-order valence-electron chi connectivity index (χ2n) is 3.15. The molecule has 5 heteroatoms. The Morgan fingerprint density at radius 2 is 1.59 bits per heavy atom. The van der Waals surface area contributed by atoms with Gasteiger partial charge in [-0.2, -0.15) is 13.2 Å². The number of hydrogen-bond donors (Lipinski definition) is 1. The molecule has 0 radical (unpaired) electrons. The maximum atomic E-state index is 11.9. The number of nitrogen functional groups attached to an aromatic ring is 1. The van der Waals surface area contributed by atoms with E-state index in [1.807, 2.05) is 18.2 Å². The predicted octanol–water partition coefficient (Wildman–Crippen LogP) is 3.37. The third-order valence-electron chi connectivity index (χ3n) is 1.78. The molecule has 2 aromatic rings. The molecule has 90 valence electrons. The number of rotatable bonds is 0. The topological polar surface area (TPSA) is 38.9 Å². The van der Waals surface area contributed by atoms with Crippen molar-refractivity contribution >= 4 is 5.69 Å². The largest absolute Gasteiger partial charge is 0.416 e. The van der Waals surface area contributed by atoms with Crippen molar-refractivity contribution < 1.29 is 13.2 Å². The fourth-order valence-electron chi connectivity index (χ4n) is 1.03. The highest BCUT2D eigenvalue weighted by Crippen LogP contribution is 2.29. The van der Waals surface area contributed by atoms with Gasteiger partial charge in [-0.1, -0.05) is 12.1 Å². The molecular formula is C12H11F3N2. The maximum absolute atomic E-state index is 11.9. The van der Waals surface area contributed by atoms with E-state index in [1.54, 1.807) is 12.4 Å². The van der Waals surface area contributed by atoms with Crippen LogP contribution >= 0.6 is 0 Å². The van der Waals surface area contributed by atoms with Gasteiger partial charge in [0, 0.05) is 18.1 Å². The first kappa shape index (κ1) is 13.0. The third-order valence-corrected chi connectivity index (χ3v) is 1.78. The minimum absolute atomic E-state index is 0.125. The Morgan fingerprint density at radius 3 is 1.88 bits per heavy atom. The Morgan fingerprint density at radius 1 is 0.941 bits per heavy atom. The fourth-order valence-corrected chi connectivity index (χ4v) is 1.03. The Bertz CT molecular complexity index is 414. The van der Waals surface area contributed by atoms with Gasteiger partial charge in [0.15, 0.2) is 0 Å². The summed E-state index contributed by atoms with van der Waals surface area (Å²) in [4.78, 5) is 3.78. The van der Waals surface area contributed by atoms with Gasteiger partial charge in [0.05, 0.1) is 5.56 Å². The smallest absolute Gasteiger partial charge is 0.399 e. The molecule has 0 unspecified atom stereocenters. The summed E-state index contributed by atoms with van der Waals surface area (Å²) in [6, 6.07) is 10.3. The van der Waals surface area contributed by atoms with E-state index >= 15 is 0 Å². The zero-order valence-corrected chi connectivity index (χ0v) is 8.85. The van der Waals surface area contributed by atoms with Crippen molar-refractivity contribution in [3.05, 3.63) is 60.4 Å². The molecule has 0 bridgehead atoms. The lowest BCUT2D eigenvalue weighted by molar-refractivity contribution is -0.137. The van der Waals surface area contributed by atoms with Gasteiger partial charge in [-0.15, -0.1) is 0 Å². The number of pyridine rings is 1. The summed E-state index contributed by atoms with van der Waals surface area (Å²) in [5.74, 6) is 0. The summed E-state index contributed by atoms with van der Waals surface area (Å²) in [5.41, 5.74) is 4.57. The van der Waals surface area contributed by atoms with Gasteiger partial charge in [0.1, 0.15) is 0 Å². The highest BCUT2D eigenvalue weighted by atomic mass is 19.4. The Labute approximate surface area is 96.9 Å². The number of benzene rings is 1. The zero-order chi connectivity index (χ0) is 12.7. The van der Waals surface area contributed by atoms with Crippen LogP contribution < -0.4 is 5.73 Å². The highest BCUT2D eigenvalue weighted by Gasteiger charge is 2.30. The van der Waals surface area contributed by atoms with Crippen LogP contribution in [0, 0.1) is 0 Å². The molecule has 0 aliphatic heterocycles. The minimum atomic E-state index is -4.30. The molecule has 2 rings (SSSR count). The van der Waals surface area contributed by atoms with Crippen LogP contribution in [0.5, 0.6) is 0 Å². The first-order chi connectivity index (χ1) is 8.00. The number of nitrogens with two attached hydrogens (primary N) is 1. The van der Waals surface area contributed by atoms with Crippen molar-refractivity contribution in [1.29, 1.82) is 0 Å². The molecule has 1 heterocycles. The molecule has 0 fully saturated rings. The minimum Gasteiger partial charge on any atom is -0.399 e. The normalized spacial score (nSPS) is 10.3. The second kappa shape index (κ2) is 5.89. The van der Waals surface area contributed by atoms with E-state index in [0.717, 1.165) is 12.1 Å². The summed E-state index contributed by atoms with van der Waals surface area (Å²) >= 11 is 0. The molecule has 0 saturated heterocycles. The number of anilines is 1. The molecule has 1 aromatic heterocycles. The van der Waals surface area contributed by atoms with Gasteiger partial charge in [-0.05, 0) is 30.3 Å². The molecule has 2 nitrogen and oxygen atoms in total. The zero-order valence-electron chi connectivity index (χ0n) is 8.85. The first-order valence-electron chi connectivity index (χ1n) is 4.78. The quantitative estimate of drug-likeness (QED) is 0.717. The molecule has 1 aromatic carbocycles. The van der Waals surface area contributed by atoms with E-state index in [0.29, 0.717) is 0 Å². The lowest BCUT2D eigenvalue weighted by Gasteiger charge is -2.05. The summed E-state index contributed by atoms with van der Waals surface area (Å²) in [6.45, 7) is 0. The van der Waals surface area contributed by atoms with Gasteiger partial charge >= 0.3 is 6.18 Å². The molecule has 0 saturated carbocycles. The van der Waals surface area contributed by atoms with E-state index in [-0.39, 0.29) is 5.69 Å². The van der Waals surface area contributed by atoms with Crippen molar-refractivity contribution in [3.8, 4) is 0 Å². The van der Waals surface area contributed by atoms with Gasteiger partial charge in [-0.25, -0.2) is 0 Å². The Kier molecular flexibility index (Phi) is 4.51. The highest BCUT2D eigenvalue weighted by molar-refractivity contribution is 5.41. The maximum Gasteiger partial charge on any atom is 0.416 e. The van der Waals surface area contributed by atoms with Crippen molar-refractivity contribution in [2.75, 3.05) is 5.73 Å². The summed E-state index contributed by atoms with van der Waals surface area (Å²) in [6.07, 6.45) is -0.796. The molecule has 17 heavy (non-hydrogen) atoms. The molecule has 0 atom stereocenters. The molecule has 0 spiro atoms. The van der Waals surface area contributed by atoms with Crippen molar-refractivity contribution in [2.45, 2.75) is 6.18 Å². The Hall–Kier alpha value is -2.04. The van der Waals surface area contributed by atoms with Crippen molar-refractivity contribution in [2.24, 2.45) is 0 Å². The Balaban J connectivity index is 0.000000202. The summed E-state index contributed by atoms with van der Waals surface area (Å²) < 4.78 is 35.7. The number of halogens is 3. The van der Waals surface area contributed by atoms with E-state index < -0.39 is 11.7 Å². The lowest BCUT2D eigenvalue weighted by Crippen LogP contribution is -2.04. The van der Waals surface area contributed by atoms with Crippen LogP contribution in [0.1, 0.15) is 5.56 Å². The number of nitrogens with zero attached hydrogens (tertiary/aromatic N) is 1. The van der Waals surface area contributed by atoms with E-state index in [1.165, 1.54) is 12.1 Å². The predicted molar refractivity (Wildman–Crippen MR) is 60.1 cm³/mol. The van der Waals surface area contributed by atoms with Crippen LogP contribution in [-0.4, -0.2) is 4.98 Å². The number of alkyl halides is 3. The van der Waals surface area contributed by atoms with Crippen LogP contribution in [0.4, 0.5) is 18.9 Å². The molecule has 0 amide bonds. The number of aromatic nitrogens is 1. The monoisotopic (exact) mass is 240 g/mol. The first-order valence-corrected chi connectivity index (χ1v) is 4.78. The fraction of sp³-hybridized carbons (Fsp3) is 0.0833. The standard InChI is InChI=1S/C7H6F3N.C5H5N/c8-7(9,10)5-2-1-3-6(11)4-5;1-2-4-6-5-3-1/h1-4H,11H2;1-5H. The molecule has 0 aliphatic rings. The van der Waals surface area contributed by atoms with Crippen LogP contribution in [-0.2, 0) is 6.18 Å². The third kappa shape index (κ3) is 5.01. The average Bonchev–Trinajstić information content (AvgIpc) is 2.31. The molecule has 0 aliphatic carbocycles. The SMILES string of the molecule is Nc1cccc(C(F)(F)F)c1.c1ccncc1. The summed E-state index contributed by atoms with van der Waals surface area (Å²) in [5, 5.41) is 0. The number of hydrogen-bond acceptors (Lipinski definition) is 2. The summed E-state index contributed by atoms with van der Waals surface area (Å²) in [7, 11) is 0. The lowest BCUT2D eigenvalue weighted by atomic mass is 10.2. The van der Waals surface area contributed by atoms with Crippen LogP contribution in [0.3, 0.4) is 0 Å². The van der Waals surface area contributed by atoms with Gasteiger partial charge in [-0.3, -0.25) is 4.98 Å². The van der Waals surface area contributed by atoms with Crippen molar-refractivity contribution in [3.63, 3.8) is 0 Å². The van der Waals surface area contributed by atoms with Crippen LogP contribution in [0.2, 0.25) is 0 Å². The van der Waals surface area contributed by atoms with E-state index in [9.17, 15) is 13.2 Å². The van der Waals surface area contributed by atoms with Gasteiger partial charge in [0.2, 0.25) is 0 Å². The molecule has 2 N–H and O–H groups in total. The second-order valence-corrected chi connectivity index (χ2v) is 3.15. The average molecular weight is 240 g/mol. The van der Waals surface area contributed by atoms with E-state index in [4.69, 9.17) is 5.73 Å². The van der Waals surface area contributed by atoms with Crippen LogP contribution in [0.25, 0.3) is 0 Å². The van der Waals surface area contributed by atoms with Crippen molar-refractivity contribution in [1.82, 2.24) is 4.98 Å². The van der Waals surface area contributed by atoms with E-state index in [2.05, 4.69) is 4.98 Å². The molecular weight excluding hydrogens is 229 g/mol. The van der Waals surface area contributed by atoms with Gasteiger partial charge in [0.25, 0.3) is 0 Å².